The predicted molar refractivity (Wildman–Crippen MR) is 153 cm³/mol. The number of hydrogen-bond donors (Lipinski definition) is 0. The van der Waals surface area contributed by atoms with Crippen molar-refractivity contribution in [2.24, 2.45) is 0 Å². The molecule has 0 aliphatic heterocycles. The van der Waals surface area contributed by atoms with Gasteiger partial charge in [-0.3, -0.25) is 4.90 Å². The molecule has 4 aromatic carbocycles. The van der Waals surface area contributed by atoms with Gasteiger partial charge in [0.1, 0.15) is 0 Å². The van der Waals surface area contributed by atoms with Crippen LogP contribution in [0.5, 0.6) is 0 Å². The van der Waals surface area contributed by atoms with Crippen molar-refractivity contribution < 1.29 is 13.2 Å². The first kappa shape index (κ1) is 28.2. The summed E-state index contributed by atoms with van der Waals surface area (Å²) in [7, 11) is 0. The minimum absolute atomic E-state index is 0.390. The van der Waals surface area contributed by atoms with Crippen LogP contribution in [0.25, 0.3) is 0 Å². The Bertz CT molecular complexity index is 1530. The van der Waals surface area contributed by atoms with Gasteiger partial charge >= 0.3 is 6.18 Å². The molecule has 41 heavy (non-hydrogen) atoms. The summed E-state index contributed by atoms with van der Waals surface area (Å²) in [4.78, 5) is 2.14. The second kappa shape index (κ2) is 12.5. The number of alkyl halides is 3. The van der Waals surface area contributed by atoms with E-state index in [1.54, 1.807) is 10.7 Å². The number of nitrogens with zero attached hydrogens (tertiary/aromatic N) is 5. The first-order valence-electron chi connectivity index (χ1n) is 13.6. The van der Waals surface area contributed by atoms with E-state index in [4.69, 9.17) is 0 Å². The minimum Gasteiger partial charge on any atom is -0.281 e. The molecule has 1 atom stereocenters. The average molecular weight is 556 g/mol. The van der Waals surface area contributed by atoms with Crippen LogP contribution in [0.15, 0.2) is 109 Å². The smallest absolute Gasteiger partial charge is 0.281 e. The molecule has 0 bridgehead atoms. The molecule has 5 aromatic rings. The van der Waals surface area contributed by atoms with Crippen LogP contribution in [-0.2, 0) is 25.8 Å². The first-order valence-corrected chi connectivity index (χ1v) is 13.6. The van der Waals surface area contributed by atoms with Crippen molar-refractivity contribution >= 4 is 0 Å². The van der Waals surface area contributed by atoms with Gasteiger partial charge in [-0.15, -0.1) is 5.10 Å². The number of tetrazole rings is 1. The van der Waals surface area contributed by atoms with Crippen molar-refractivity contribution in [3.63, 3.8) is 0 Å². The Kier molecular flexibility index (Phi) is 8.59. The van der Waals surface area contributed by atoms with Gasteiger partial charge in [0.05, 0.1) is 18.2 Å². The molecule has 0 saturated heterocycles. The summed E-state index contributed by atoms with van der Waals surface area (Å²) in [6.45, 7) is 5.64. The van der Waals surface area contributed by atoms with E-state index in [2.05, 4.69) is 58.5 Å². The summed E-state index contributed by atoms with van der Waals surface area (Å²) >= 11 is 0. The van der Waals surface area contributed by atoms with E-state index in [1.807, 2.05) is 60.7 Å². The monoisotopic (exact) mass is 555 g/mol. The SMILES string of the molecule is CC(C)c1ccc(CN(Cc2ccccc2)[C@H](c2cccc(C(F)(F)F)c2)c2nnnn2Cc2ccccc2)cc1. The maximum atomic E-state index is 13.9. The molecule has 1 aromatic heterocycles. The van der Waals surface area contributed by atoms with Crippen LogP contribution in [0.4, 0.5) is 13.2 Å². The van der Waals surface area contributed by atoms with Crippen LogP contribution < -0.4 is 0 Å². The van der Waals surface area contributed by atoms with Gasteiger partial charge < -0.3 is 0 Å². The molecule has 8 heteroatoms. The normalized spacial score (nSPS) is 12.7. The molecule has 0 aliphatic carbocycles. The maximum absolute atomic E-state index is 13.9. The Morgan fingerprint density at radius 2 is 1.32 bits per heavy atom. The average Bonchev–Trinajstić information content (AvgIpc) is 3.41. The lowest BCUT2D eigenvalue weighted by atomic mass is 9.98. The van der Waals surface area contributed by atoms with Crippen molar-refractivity contribution in [3.05, 3.63) is 148 Å². The molecule has 0 spiro atoms. The van der Waals surface area contributed by atoms with E-state index in [0.29, 0.717) is 36.9 Å². The second-order valence-corrected chi connectivity index (χ2v) is 10.5. The third kappa shape index (κ3) is 7.08. The molecule has 0 saturated carbocycles. The van der Waals surface area contributed by atoms with Crippen molar-refractivity contribution in [1.82, 2.24) is 25.1 Å². The van der Waals surface area contributed by atoms with E-state index in [0.717, 1.165) is 22.8 Å². The zero-order chi connectivity index (χ0) is 28.8. The fourth-order valence-corrected chi connectivity index (χ4v) is 4.98. The highest BCUT2D eigenvalue weighted by Gasteiger charge is 2.34. The Labute approximate surface area is 238 Å². The minimum atomic E-state index is -4.48. The third-order valence-corrected chi connectivity index (χ3v) is 7.13. The standard InChI is InChI=1S/C33H32F3N5/c1-24(2)28-18-16-27(17-19-28)22-40(21-25-10-5-3-6-11-25)31(29-14-9-15-30(20-29)33(34,35)36)32-37-38-39-41(32)23-26-12-7-4-8-13-26/h3-20,24,31H,21-23H2,1-2H3/t31-/m1/s1. The van der Waals surface area contributed by atoms with Crippen LogP contribution in [0.1, 0.15) is 65.0 Å². The molecule has 0 N–H and O–H groups in total. The number of benzene rings is 4. The summed E-state index contributed by atoms with van der Waals surface area (Å²) in [6, 6.07) is 32.9. The summed E-state index contributed by atoms with van der Waals surface area (Å²) in [6.07, 6.45) is -4.48. The Morgan fingerprint density at radius 1 is 0.707 bits per heavy atom. The molecular formula is C33H32F3N5. The van der Waals surface area contributed by atoms with Gasteiger partial charge in [-0.25, -0.2) is 4.68 Å². The van der Waals surface area contributed by atoms with Gasteiger partial charge in [0.2, 0.25) is 0 Å². The van der Waals surface area contributed by atoms with Crippen LogP contribution in [0.2, 0.25) is 0 Å². The fraction of sp³-hybridized carbons (Fsp3) is 0.242. The quantitative estimate of drug-likeness (QED) is 0.178. The summed E-state index contributed by atoms with van der Waals surface area (Å²) in [5.74, 6) is 0.868. The van der Waals surface area contributed by atoms with E-state index in [-0.39, 0.29) is 0 Å². The van der Waals surface area contributed by atoms with Crippen molar-refractivity contribution in [2.45, 2.75) is 51.6 Å². The van der Waals surface area contributed by atoms with Gasteiger partial charge in [-0.1, -0.05) is 111 Å². The van der Waals surface area contributed by atoms with Gasteiger partial charge in [-0.05, 0) is 56.3 Å². The highest BCUT2D eigenvalue weighted by Crippen LogP contribution is 2.35. The zero-order valence-corrected chi connectivity index (χ0v) is 23.0. The molecule has 0 radical (unpaired) electrons. The van der Waals surface area contributed by atoms with Crippen LogP contribution >= 0.6 is 0 Å². The largest absolute Gasteiger partial charge is 0.416 e. The molecule has 5 nitrogen and oxygen atoms in total. The maximum Gasteiger partial charge on any atom is 0.416 e. The lowest BCUT2D eigenvalue weighted by Gasteiger charge is -2.32. The van der Waals surface area contributed by atoms with Crippen LogP contribution in [0, 0.1) is 0 Å². The van der Waals surface area contributed by atoms with Gasteiger partial charge in [0, 0.05) is 13.1 Å². The molecule has 210 valence electrons. The molecule has 0 fully saturated rings. The van der Waals surface area contributed by atoms with Gasteiger partial charge in [0.25, 0.3) is 0 Å². The van der Waals surface area contributed by atoms with E-state index in [9.17, 15) is 13.2 Å². The second-order valence-electron chi connectivity index (χ2n) is 10.5. The Morgan fingerprint density at radius 3 is 1.93 bits per heavy atom. The summed E-state index contributed by atoms with van der Waals surface area (Å²) < 4.78 is 43.3. The first-order chi connectivity index (χ1) is 19.8. The summed E-state index contributed by atoms with van der Waals surface area (Å²) in [5.41, 5.74) is 4.06. The number of rotatable bonds is 10. The Balaban J connectivity index is 1.62. The van der Waals surface area contributed by atoms with Crippen molar-refractivity contribution in [1.29, 1.82) is 0 Å². The highest BCUT2D eigenvalue weighted by atomic mass is 19.4. The summed E-state index contributed by atoms with van der Waals surface area (Å²) in [5, 5.41) is 12.6. The highest BCUT2D eigenvalue weighted by molar-refractivity contribution is 5.33. The van der Waals surface area contributed by atoms with Crippen LogP contribution in [0.3, 0.4) is 0 Å². The van der Waals surface area contributed by atoms with E-state index >= 15 is 0 Å². The van der Waals surface area contributed by atoms with Crippen molar-refractivity contribution in [3.8, 4) is 0 Å². The molecule has 5 rings (SSSR count). The number of hydrogen-bond acceptors (Lipinski definition) is 4. The molecule has 0 unspecified atom stereocenters. The zero-order valence-electron chi connectivity index (χ0n) is 23.0. The van der Waals surface area contributed by atoms with Gasteiger partial charge in [0.15, 0.2) is 5.82 Å². The number of halogens is 3. The number of aromatic nitrogens is 4. The van der Waals surface area contributed by atoms with Gasteiger partial charge in [-0.2, -0.15) is 13.2 Å². The lowest BCUT2D eigenvalue weighted by molar-refractivity contribution is -0.137. The Hall–Kier alpha value is -4.30. The van der Waals surface area contributed by atoms with E-state index < -0.39 is 17.8 Å². The molecule has 0 aliphatic rings. The topological polar surface area (TPSA) is 46.8 Å². The predicted octanol–water partition coefficient (Wildman–Crippen LogP) is 7.66. The third-order valence-electron chi connectivity index (χ3n) is 7.13. The fourth-order valence-electron chi connectivity index (χ4n) is 4.98. The van der Waals surface area contributed by atoms with Crippen molar-refractivity contribution in [2.75, 3.05) is 0 Å². The lowest BCUT2D eigenvalue weighted by Crippen LogP contribution is -2.31. The molecule has 1 heterocycles. The molecule has 0 amide bonds. The van der Waals surface area contributed by atoms with E-state index in [1.165, 1.54) is 17.7 Å². The van der Waals surface area contributed by atoms with Crippen LogP contribution in [-0.4, -0.2) is 25.1 Å². The molecular weight excluding hydrogens is 523 g/mol.